The van der Waals surface area contributed by atoms with Crippen LogP contribution >= 0.6 is 0 Å². The lowest BCUT2D eigenvalue weighted by molar-refractivity contribution is 0.154. The molecule has 2 fully saturated rings. The third kappa shape index (κ3) is 1.41. The van der Waals surface area contributed by atoms with Gasteiger partial charge in [-0.25, -0.2) is 0 Å². The van der Waals surface area contributed by atoms with Crippen molar-refractivity contribution in [3.8, 4) is 0 Å². The molecule has 2 atom stereocenters. The topological polar surface area (TPSA) is 26.0 Å². The first kappa shape index (κ1) is 10.5. The molecule has 1 nitrogen and oxygen atoms in total. The van der Waals surface area contributed by atoms with Crippen LogP contribution < -0.4 is 5.73 Å². The van der Waals surface area contributed by atoms with Crippen LogP contribution in [0.1, 0.15) is 52.9 Å². The number of hydrogen-bond acceptors (Lipinski definition) is 1. The van der Waals surface area contributed by atoms with Crippen molar-refractivity contribution in [1.29, 1.82) is 0 Å². The Hall–Kier alpha value is -0.0400. The van der Waals surface area contributed by atoms with Crippen LogP contribution in [0.3, 0.4) is 0 Å². The van der Waals surface area contributed by atoms with E-state index in [1.165, 1.54) is 32.1 Å². The Morgan fingerprint density at radius 1 is 1.07 bits per heavy atom. The van der Waals surface area contributed by atoms with E-state index in [1.54, 1.807) is 0 Å². The Morgan fingerprint density at radius 3 is 2.07 bits per heavy atom. The van der Waals surface area contributed by atoms with Gasteiger partial charge in [0.05, 0.1) is 0 Å². The van der Waals surface area contributed by atoms with Crippen molar-refractivity contribution in [2.24, 2.45) is 28.4 Å². The highest BCUT2D eigenvalue weighted by Crippen LogP contribution is 2.68. The summed E-state index contributed by atoms with van der Waals surface area (Å²) in [4.78, 5) is 0. The highest BCUT2D eigenvalue weighted by molar-refractivity contribution is 5.12. The fourth-order valence-electron chi connectivity index (χ4n) is 4.24. The van der Waals surface area contributed by atoms with Crippen molar-refractivity contribution >= 4 is 0 Å². The molecule has 0 amide bonds. The van der Waals surface area contributed by atoms with Gasteiger partial charge in [-0.1, -0.05) is 40.0 Å². The van der Waals surface area contributed by atoms with E-state index in [1.807, 2.05) is 0 Å². The zero-order valence-electron chi connectivity index (χ0n) is 9.97. The molecule has 2 aliphatic rings. The number of nitrogens with two attached hydrogens (primary N) is 1. The summed E-state index contributed by atoms with van der Waals surface area (Å²) in [5.41, 5.74) is 7.01. The molecular weight excluding hydrogens is 170 g/mol. The number of hydrogen-bond donors (Lipinski definition) is 1. The summed E-state index contributed by atoms with van der Waals surface area (Å²) < 4.78 is 0. The molecule has 2 rings (SSSR count). The van der Waals surface area contributed by atoms with Crippen molar-refractivity contribution in [2.45, 2.75) is 52.9 Å². The highest BCUT2D eigenvalue weighted by Gasteiger charge is 2.63. The molecular formula is C13H25N. The minimum absolute atomic E-state index is 0.529. The van der Waals surface area contributed by atoms with E-state index < -0.39 is 0 Å². The summed E-state index contributed by atoms with van der Waals surface area (Å²) in [6, 6.07) is 0. The molecule has 14 heavy (non-hydrogen) atoms. The summed E-state index contributed by atoms with van der Waals surface area (Å²) >= 11 is 0. The van der Waals surface area contributed by atoms with E-state index >= 15 is 0 Å². The van der Waals surface area contributed by atoms with E-state index in [-0.39, 0.29) is 0 Å². The SMILES string of the molecule is CC1([C@H]2[C@H](CN)C2(C)C)CCCCC1. The van der Waals surface area contributed by atoms with Gasteiger partial charge in [-0.05, 0) is 42.1 Å². The Kier molecular flexibility index (Phi) is 2.42. The molecule has 0 aromatic carbocycles. The Balaban J connectivity index is 2.08. The molecule has 0 unspecified atom stereocenters. The predicted molar refractivity (Wildman–Crippen MR) is 61.0 cm³/mol. The zero-order valence-corrected chi connectivity index (χ0v) is 9.97. The molecule has 0 aromatic rings. The molecule has 2 N–H and O–H groups in total. The van der Waals surface area contributed by atoms with Gasteiger partial charge in [-0.15, -0.1) is 0 Å². The predicted octanol–water partition coefficient (Wildman–Crippen LogP) is 3.19. The average molecular weight is 195 g/mol. The van der Waals surface area contributed by atoms with E-state index in [4.69, 9.17) is 5.73 Å². The Morgan fingerprint density at radius 2 is 1.64 bits per heavy atom. The van der Waals surface area contributed by atoms with E-state index in [0.29, 0.717) is 10.8 Å². The van der Waals surface area contributed by atoms with E-state index in [2.05, 4.69) is 20.8 Å². The van der Waals surface area contributed by atoms with Gasteiger partial charge in [0.25, 0.3) is 0 Å². The Labute approximate surface area is 88.4 Å². The largest absolute Gasteiger partial charge is 0.330 e. The third-order valence-electron chi connectivity index (χ3n) is 5.05. The van der Waals surface area contributed by atoms with Gasteiger partial charge < -0.3 is 5.73 Å². The van der Waals surface area contributed by atoms with Crippen molar-refractivity contribution in [2.75, 3.05) is 6.54 Å². The lowest BCUT2D eigenvalue weighted by Crippen LogP contribution is -2.25. The molecule has 82 valence electrons. The van der Waals surface area contributed by atoms with Gasteiger partial charge in [0.2, 0.25) is 0 Å². The third-order valence-corrected chi connectivity index (χ3v) is 5.05. The molecule has 0 saturated heterocycles. The van der Waals surface area contributed by atoms with Crippen LogP contribution in [0, 0.1) is 22.7 Å². The van der Waals surface area contributed by atoms with Gasteiger partial charge in [0, 0.05) is 0 Å². The molecule has 0 spiro atoms. The second kappa shape index (κ2) is 3.23. The van der Waals surface area contributed by atoms with Crippen molar-refractivity contribution < 1.29 is 0 Å². The molecule has 0 aliphatic heterocycles. The first-order valence-electron chi connectivity index (χ1n) is 6.22. The van der Waals surface area contributed by atoms with Gasteiger partial charge >= 0.3 is 0 Å². The minimum atomic E-state index is 0.529. The summed E-state index contributed by atoms with van der Waals surface area (Å²) in [6.07, 6.45) is 7.23. The van der Waals surface area contributed by atoms with Crippen LogP contribution in [0.2, 0.25) is 0 Å². The van der Waals surface area contributed by atoms with Crippen molar-refractivity contribution in [3.05, 3.63) is 0 Å². The van der Waals surface area contributed by atoms with E-state index in [0.717, 1.165) is 18.4 Å². The fraction of sp³-hybridized carbons (Fsp3) is 1.00. The highest BCUT2D eigenvalue weighted by atomic mass is 14.7. The fourth-order valence-corrected chi connectivity index (χ4v) is 4.24. The average Bonchev–Trinajstić information content (AvgIpc) is 2.70. The smallest absolute Gasteiger partial charge is 0.00406 e. The van der Waals surface area contributed by atoms with Crippen molar-refractivity contribution in [1.82, 2.24) is 0 Å². The summed E-state index contributed by atoms with van der Waals surface area (Å²) in [7, 11) is 0. The molecule has 1 heteroatoms. The van der Waals surface area contributed by atoms with Gasteiger partial charge in [-0.3, -0.25) is 0 Å². The van der Waals surface area contributed by atoms with Gasteiger partial charge in [0.15, 0.2) is 0 Å². The first-order chi connectivity index (χ1) is 6.52. The first-order valence-corrected chi connectivity index (χ1v) is 6.22. The Bertz CT molecular complexity index is 213. The lowest BCUT2D eigenvalue weighted by Gasteiger charge is -2.35. The summed E-state index contributed by atoms with van der Waals surface area (Å²) in [5.74, 6) is 1.70. The van der Waals surface area contributed by atoms with Crippen LogP contribution in [0.15, 0.2) is 0 Å². The maximum Gasteiger partial charge on any atom is -0.00406 e. The quantitative estimate of drug-likeness (QED) is 0.719. The summed E-state index contributed by atoms with van der Waals surface area (Å²) in [6.45, 7) is 8.23. The number of rotatable bonds is 2. The maximum atomic E-state index is 5.87. The monoisotopic (exact) mass is 195 g/mol. The second-order valence-electron chi connectivity index (χ2n) is 6.36. The van der Waals surface area contributed by atoms with Crippen LogP contribution in [-0.2, 0) is 0 Å². The standard InChI is InChI=1S/C13H25N/c1-12(2)10(9-14)11(12)13(3)7-5-4-6-8-13/h10-11H,4-9,14H2,1-3H3/t10-,11-/m0/s1. The summed E-state index contributed by atoms with van der Waals surface area (Å²) in [5, 5.41) is 0. The van der Waals surface area contributed by atoms with Crippen LogP contribution in [-0.4, -0.2) is 6.54 Å². The zero-order chi connectivity index (χ0) is 10.4. The van der Waals surface area contributed by atoms with Crippen LogP contribution in [0.4, 0.5) is 0 Å². The molecule has 2 aliphatic carbocycles. The van der Waals surface area contributed by atoms with E-state index in [9.17, 15) is 0 Å². The van der Waals surface area contributed by atoms with Gasteiger partial charge in [-0.2, -0.15) is 0 Å². The second-order valence-corrected chi connectivity index (χ2v) is 6.36. The molecule has 0 heterocycles. The van der Waals surface area contributed by atoms with Crippen molar-refractivity contribution in [3.63, 3.8) is 0 Å². The lowest BCUT2D eigenvalue weighted by atomic mass is 9.70. The van der Waals surface area contributed by atoms with Crippen LogP contribution in [0.5, 0.6) is 0 Å². The maximum absolute atomic E-state index is 5.87. The normalized spacial score (nSPS) is 39.4. The van der Waals surface area contributed by atoms with Crippen LogP contribution in [0.25, 0.3) is 0 Å². The van der Waals surface area contributed by atoms with Gasteiger partial charge in [0.1, 0.15) is 0 Å². The molecule has 0 bridgehead atoms. The minimum Gasteiger partial charge on any atom is -0.330 e. The molecule has 2 saturated carbocycles. The molecule has 0 aromatic heterocycles. The molecule has 0 radical (unpaired) electrons.